The van der Waals surface area contributed by atoms with Crippen LogP contribution in [-0.4, -0.2) is 23.9 Å². The maximum Gasteiger partial charge on any atom is 0.256 e. The minimum absolute atomic E-state index is 0.158. The van der Waals surface area contributed by atoms with E-state index >= 15 is 0 Å². The number of hydrogen-bond donors (Lipinski definition) is 0. The Morgan fingerprint density at radius 2 is 2.11 bits per heavy atom. The fourth-order valence-electron chi connectivity index (χ4n) is 2.28. The molecular weight excluding hydrogens is 297 g/mol. The molecule has 1 fully saturated rings. The highest BCUT2D eigenvalue weighted by molar-refractivity contribution is 9.10. The van der Waals surface area contributed by atoms with Crippen molar-refractivity contribution in [2.24, 2.45) is 11.8 Å². The van der Waals surface area contributed by atoms with Crippen LogP contribution in [0.15, 0.2) is 22.7 Å². The standard InChI is InChI=1S/C14H17BrFNO/c1-9-5-6-17(8-10(9)2)14(18)12-7-11(15)3-4-13(12)16/h3-4,7,9-10H,5-6,8H2,1-2H3. The van der Waals surface area contributed by atoms with Gasteiger partial charge >= 0.3 is 0 Å². The molecule has 2 nitrogen and oxygen atoms in total. The van der Waals surface area contributed by atoms with E-state index in [9.17, 15) is 9.18 Å². The predicted octanol–water partition coefficient (Wildman–Crippen LogP) is 3.71. The minimum Gasteiger partial charge on any atom is -0.338 e. The molecule has 0 N–H and O–H groups in total. The summed E-state index contributed by atoms with van der Waals surface area (Å²) in [4.78, 5) is 14.0. The summed E-state index contributed by atoms with van der Waals surface area (Å²) >= 11 is 3.27. The molecule has 0 aliphatic carbocycles. The molecule has 0 bridgehead atoms. The monoisotopic (exact) mass is 313 g/mol. The van der Waals surface area contributed by atoms with Crippen LogP contribution >= 0.6 is 15.9 Å². The molecule has 1 aliphatic heterocycles. The largest absolute Gasteiger partial charge is 0.338 e. The number of piperidine rings is 1. The molecule has 1 saturated heterocycles. The Morgan fingerprint density at radius 1 is 1.39 bits per heavy atom. The van der Waals surface area contributed by atoms with Crippen LogP contribution in [0.4, 0.5) is 4.39 Å². The van der Waals surface area contributed by atoms with Crippen LogP contribution in [0, 0.1) is 17.7 Å². The third kappa shape index (κ3) is 2.74. The van der Waals surface area contributed by atoms with Crippen LogP contribution in [0.25, 0.3) is 0 Å². The zero-order valence-electron chi connectivity index (χ0n) is 10.6. The van der Waals surface area contributed by atoms with Gasteiger partial charge in [-0.2, -0.15) is 0 Å². The Kier molecular flexibility index (Phi) is 4.05. The number of hydrogen-bond acceptors (Lipinski definition) is 1. The normalized spacial score (nSPS) is 24.1. The molecule has 1 aromatic rings. The summed E-state index contributed by atoms with van der Waals surface area (Å²) in [6.45, 7) is 5.77. The molecule has 1 aliphatic rings. The van der Waals surface area contributed by atoms with Crippen molar-refractivity contribution in [2.45, 2.75) is 20.3 Å². The van der Waals surface area contributed by atoms with E-state index in [4.69, 9.17) is 0 Å². The van der Waals surface area contributed by atoms with Gasteiger partial charge in [0.15, 0.2) is 0 Å². The fraction of sp³-hybridized carbons (Fsp3) is 0.500. The number of rotatable bonds is 1. The molecule has 98 valence electrons. The van der Waals surface area contributed by atoms with E-state index in [0.717, 1.165) is 17.4 Å². The molecular formula is C14H17BrFNO. The van der Waals surface area contributed by atoms with Gasteiger partial charge in [-0.15, -0.1) is 0 Å². The summed E-state index contributed by atoms with van der Waals surface area (Å²) in [7, 11) is 0. The topological polar surface area (TPSA) is 20.3 Å². The third-order valence-corrected chi connectivity index (χ3v) is 4.27. The number of halogens is 2. The Morgan fingerprint density at radius 3 is 2.78 bits per heavy atom. The Balaban J connectivity index is 2.19. The number of carbonyl (C=O) groups excluding carboxylic acids is 1. The SMILES string of the molecule is CC1CCN(C(=O)c2cc(Br)ccc2F)CC1C. The summed E-state index contributed by atoms with van der Waals surface area (Å²) in [5, 5.41) is 0. The highest BCUT2D eigenvalue weighted by atomic mass is 79.9. The molecule has 1 amide bonds. The smallest absolute Gasteiger partial charge is 0.256 e. The second kappa shape index (κ2) is 5.39. The molecule has 0 saturated carbocycles. The summed E-state index contributed by atoms with van der Waals surface area (Å²) < 4.78 is 14.4. The van der Waals surface area contributed by atoms with Crippen molar-refractivity contribution >= 4 is 21.8 Å². The first-order valence-corrected chi connectivity index (χ1v) is 7.02. The lowest BCUT2D eigenvalue weighted by atomic mass is 9.88. The van der Waals surface area contributed by atoms with Gasteiger partial charge in [-0.1, -0.05) is 29.8 Å². The Hall–Kier alpha value is -0.900. The van der Waals surface area contributed by atoms with Gasteiger partial charge in [-0.25, -0.2) is 4.39 Å². The van der Waals surface area contributed by atoms with E-state index in [0.29, 0.717) is 18.4 Å². The van der Waals surface area contributed by atoms with Gasteiger partial charge in [0, 0.05) is 17.6 Å². The highest BCUT2D eigenvalue weighted by Gasteiger charge is 2.27. The average molecular weight is 314 g/mol. The van der Waals surface area contributed by atoms with E-state index < -0.39 is 5.82 Å². The number of likely N-dealkylation sites (tertiary alicyclic amines) is 1. The number of benzene rings is 1. The van der Waals surface area contributed by atoms with Crippen molar-refractivity contribution in [3.8, 4) is 0 Å². The van der Waals surface area contributed by atoms with Crippen molar-refractivity contribution in [3.63, 3.8) is 0 Å². The lowest BCUT2D eigenvalue weighted by Crippen LogP contribution is -2.42. The van der Waals surface area contributed by atoms with Gasteiger partial charge < -0.3 is 4.90 Å². The van der Waals surface area contributed by atoms with E-state index in [-0.39, 0.29) is 11.5 Å². The fourth-order valence-corrected chi connectivity index (χ4v) is 2.64. The van der Waals surface area contributed by atoms with Crippen molar-refractivity contribution in [3.05, 3.63) is 34.1 Å². The quantitative estimate of drug-likeness (QED) is 0.774. The van der Waals surface area contributed by atoms with Crippen LogP contribution < -0.4 is 0 Å². The van der Waals surface area contributed by atoms with E-state index in [1.807, 2.05) is 0 Å². The zero-order valence-corrected chi connectivity index (χ0v) is 12.2. The van der Waals surface area contributed by atoms with Crippen molar-refractivity contribution < 1.29 is 9.18 Å². The molecule has 18 heavy (non-hydrogen) atoms. The second-order valence-electron chi connectivity index (χ2n) is 5.12. The summed E-state index contributed by atoms with van der Waals surface area (Å²) in [6, 6.07) is 4.49. The van der Waals surface area contributed by atoms with Gasteiger partial charge in [-0.3, -0.25) is 4.79 Å². The predicted molar refractivity (Wildman–Crippen MR) is 72.9 cm³/mol. The highest BCUT2D eigenvalue weighted by Crippen LogP contribution is 2.25. The molecule has 2 rings (SSSR count). The second-order valence-corrected chi connectivity index (χ2v) is 6.03. The maximum absolute atomic E-state index is 13.7. The van der Waals surface area contributed by atoms with Gasteiger partial charge in [0.2, 0.25) is 0 Å². The molecule has 2 atom stereocenters. The first kappa shape index (κ1) is 13.5. The van der Waals surface area contributed by atoms with Crippen LogP contribution in [0.3, 0.4) is 0 Å². The molecule has 0 radical (unpaired) electrons. The van der Waals surface area contributed by atoms with Crippen molar-refractivity contribution in [1.29, 1.82) is 0 Å². The first-order chi connectivity index (χ1) is 8.49. The van der Waals surface area contributed by atoms with Gasteiger partial charge in [0.25, 0.3) is 5.91 Å². The number of amides is 1. The summed E-state index contributed by atoms with van der Waals surface area (Å²) in [6.07, 6.45) is 0.989. The molecule has 0 spiro atoms. The molecule has 1 heterocycles. The lowest BCUT2D eigenvalue weighted by molar-refractivity contribution is 0.0623. The van der Waals surface area contributed by atoms with Crippen LogP contribution in [0.1, 0.15) is 30.6 Å². The van der Waals surface area contributed by atoms with Crippen LogP contribution in [0.2, 0.25) is 0 Å². The van der Waals surface area contributed by atoms with E-state index in [2.05, 4.69) is 29.8 Å². The number of nitrogens with zero attached hydrogens (tertiary/aromatic N) is 1. The molecule has 4 heteroatoms. The molecule has 1 aromatic carbocycles. The number of carbonyl (C=O) groups is 1. The van der Waals surface area contributed by atoms with Crippen molar-refractivity contribution in [1.82, 2.24) is 4.90 Å². The van der Waals surface area contributed by atoms with Crippen molar-refractivity contribution in [2.75, 3.05) is 13.1 Å². The molecule has 2 unspecified atom stereocenters. The van der Waals surface area contributed by atoms with Gasteiger partial charge in [0.1, 0.15) is 5.82 Å². The summed E-state index contributed by atoms with van der Waals surface area (Å²) in [5.74, 6) is 0.446. The molecule has 0 aromatic heterocycles. The zero-order chi connectivity index (χ0) is 13.3. The van der Waals surface area contributed by atoms with Gasteiger partial charge in [-0.05, 0) is 36.5 Å². The summed E-state index contributed by atoms with van der Waals surface area (Å²) in [5.41, 5.74) is 0.158. The first-order valence-electron chi connectivity index (χ1n) is 6.23. The van der Waals surface area contributed by atoms with Gasteiger partial charge in [0.05, 0.1) is 5.56 Å². The Labute approximate surface area is 115 Å². The van der Waals surface area contributed by atoms with E-state index in [1.54, 1.807) is 17.0 Å². The third-order valence-electron chi connectivity index (χ3n) is 3.78. The average Bonchev–Trinajstić information content (AvgIpc) is 2.35. The van der Waals surface area contributed by atoms with Crippen LogP contribution in [0.5, 0.6) is 0 Å². The minimum atomic E-state index is -0.450. The lowest BCUT2D eigenvalue weighted by Gasteiger charge is -2.35. The van der Waals surface area contributed by atoms with E-state index in [1.165, 1.54) is 6.07 Å². The Bertz CT molecular complexity index is 463. The maximum atomic E-state index is 13.7. The van der Waals surface area contributed by atoms with Crippen LogP contribution in [-0.2, 0) is 0 Å².